The zero-order valence-electron chi connectivity index (χ0n) is 27.8. The highest BCUT2D eigenvalue weighted by Crippen LogP contribution is 2.41. The lowest BCUT2D eigenvalue weighted by Gasteiger charge is -2.14. The summed E-state index contributed by atoms with van der Waals surface area (Å²) in [5.41, 5.74) is 12.6. The Morgan fingerprint density at radius 1 is 0.660 bits per heavy atom. The molecule has 7 aromatic carbocycles. The molecule has 9 rings (SSSR count). The number of hydrogen-bond acceptors (Lipinski definition) is 2. The first-order valence-corrected chi connectivity index (χ1v) is 18.1. The van der Waals surface area contributed by atoms with Crippen LogP contribution in [0.4, 0.5) is 0 Å². The zero-order valence-corrected chi connectivity index (χ0v) is 28.6. The number of benzene rings is 7. The van der Waals surface area contributed by atoms with Crippen LogP contribution in [0.3, 0.4) is 0 Å². The van der Waals surface area contributed by atoms with Crippen LogP contribution in [0, 0.1) is 0 Å². The van der Waals surface area contributed by atoms with Crippen LogP contribution in [0.5, 0.6) is 0 Å². The lowest BCUT2D eigenvalue weighted by atomic mass is 9.92. The maximum atomic E-state index is 7.01. The number of rotatable bonds is 5. The van der Waals surface area contributed by atoms with E-state index in [-0.39, 0.29) is 6.04 Å². The normalized spacial score (nSPS) is 14.6. The first kappa shape index (κ1) is 30.2. The summed E-state index contributed by atoms with van der Waals surface area (Å²) in [6.45, 7) is 2.12. The average molecular weight is 662 g/mol. The van der Waals surface area contributed by atoms with Crippen molar-refractivity contribution in [1.29, 1.82) is 0 Å². The number of fused-ring (bicyclic) bond motifs is 8. The number of hydrogen-bond donors (Lipinski definition) is 1. The predicted octanol–water partition coefficient (Wildman–Crippen LogP) is 12.2. The molecule has 4 heteroatoms. The number of aliphatic imine (C=N–C) groups is 2. The van der Waals surface area contributed by atoms with Crippen LogP contribution in [0.1, 0.15) is 48.1 Å². The molecule has 0 bridgehead atoms. The highest BCUT2D eigenvalue weighted by Gasteiger charge is 2.17. The molecule has 2 N–H and O–H groups in total. The molecule has 50 heavy (non-hydrogen) atoms. The smallest absolute Gasteiger partial charge is 0.157 e. The third-order valence-corrected chi connectivity index (χ3v) is 11.1. The van der Waals surface area contributed by atoms with Crippen molar-refractivity contribution in [1.82, 2.24) is 0 Å². The van der Waals surface area contributed by atoms with Crippen LogP contribution in [-0.4, -0.2) is 11.7 Å². The van der Waals surface area contributed by atoms with Crippen molar-refractivity contribution in [2.75, 3.05) is 0 Å². The second-order valence-corrected chi connectivity index (χ2v) is 14.2. The quantitative estimate of drug-likeness (QED) is 0.111. The van der Waals surface area contributed by atoms with Gasteiger partial charge in [0.1, 0.15) is 5.84 Å². The fourth-order valence-electron chi connectivity index (χ4n) is 7.39. The zero-order chi connectivity index (χ0) is 33.6. The highest BCUT2D eigenvalue weighted by molar-refractivity contribution is 7.25. The van der Waals surface area contributed by atoms with Crippen molar-refractivity contribution in [3.05, 3.63) is 174 Å². The minimum Gasteiger partial charge on any atom is -0.383 e. The summed E-state index contributed by atoms with van der Waals surface area (Å²) in [6.07, 6.45) is 8.68. The molecule has 3 nitrogen and oxygen atoms in total. The third kappa shape index (κ3) is 5.39. The molecule has 240 valence electrons. The van der Waals surface area contributed by atoms with Crippen LogP contribution in [0.25, 0.3) is 58.1 Å². The van der Waals surface area contributed by atoms with E-state index in [4.69, 9.17) is 15.7 Å². The lowest BCUT2D eigenvalue weighted by Crippen LogP contribution is -2.17. The van der Waals surface area contributed by atoms with Crippen molar-refractivity contribution < 1.29 is 0 Å². The Hall–Kier alpha value is -5.84. The van der Waals surface area contributed by atoms with Gasteiger partial charge in [-0.15, -0.1) is 11.3 Å². The van der Waals surface area contributed by atoms with Crippen molar-refractivity contribution >= 4 is 81.1 Å². The van der Waals surface area contributed by atoms with E-state index in [9.17, 15) is 0 Å². The molecule has 1 atom stereocenters. The number of nitrogens with zero attached hydrogens (tertiary/aromatic N) is 2. The first-order chi connectivity index (χ1) is 24.6. The minimum atomic E-state index is -0.110. The molecule has 1 aliphatic carbocycles. The molecule has 0 amide bonds. The number of nitrogens with two attached hydrogens (primary N) is 1. The van der Waals surface area contributed by atoms with Gasteiger partial charge in [-0.3, -0.25) is 4.99 Å². The van der Waals surface area contributed by atoms with E-state index >= 15 is 0 Å². The van der Waals surface area contributed by atoms with Gasteiger partial charge >= 0.3 is 0 Å². The maximum Gasteiger partial charge on any atom is 0.157 e. The lowest BCUT2D eigenvalue weighted by molar-refractivity contribution is 0.818. The number of allylic oxidation sites excluding steroid dienone is 4. The SMILES string of the molecule is CC(/N=C(\N=C(/N)c1cc(C2=CC=CCC2)c2c(c1)sc1ccccc12)c1ccc2c(ccc3c4ccccc4ccc23)c1)c1ccccc1. The molecule has 1 heterocycles. The fraction of sp³-hybridized carbons (Fsp3) is 0.0870. The molecule has 0 saturated carbocycles. The van der Waals surface area contributed by atoms with E-state index in [2.05, 4.69) is 153 Å². The highest BCUT2D eigenvalue weighted by atomic mass is 32.1. The summed E-state index contributed by atoms with van der Waals surface area (Å²) in [4.78, 5) is 10.4. The second-order valence-electron chi connectivity index (χ2n) is 13.1. The van der Waals surface area contributed by atoms with Gasteiger partial charge in [-0.1, -0.05) is 127 Å². The van der Waals surface area contributed by atoms with Crippen molar-refractivity contribution in [3.8, 4) is 0 Å². The standard InChI is InChI=1S/C46H35N3S/c1-29(30-12-4-2-5-13-30)48-46(34-22-23-37-33(26-34)21-25-38-36-17-9-8-16-32(36)20-24-39(37)38)49-45(47)35-27-41(31-14-6-3-7-15-31)44-40-18-10-11-19-42(40)50-43(44)28-35/h2-6,8-14,16-29H,7,15H2,1H3,(H2,47,48,49). The van der Waals surface area contributed by atoms with Gasteiger partial charge in [0.25, 0.3) is 0 Å². The molecule has 1 aromatic heterocycles. The molecule has 0 radical (unpaired) electrons. The molecule has 0 fully saturated rings. The number of thiophene rings is 1. The van der Waals surface area contributed by atoms with E-state index in [1.807, 2.05) is 17.4 Å². The summed E-state index contributed by atoms with van der Waals surface area (Å²) < 4.78 is 2.49. The first-order valence-electron chi connectivity index (χ1n) is 17.2. The maximum absolute atomic E-state index is 7.01. The van der Waals surface area contributed by atoms with Crippen LogP contribution < -0.4 is 5.73 Å². The van der Waals surface area contributed by atoms with Gasteiger partial charge in [-0.2, -0.15) is 0 Å². The summed E-state index contributed by atoms with van der Waals surface area (Å²) in [7, 11) is 0. The predicted molar refractivity (Wildman–Crippen MR) is 217 cm³/mol. The number of amidine groups is 2. The van der Waals surface area contributed by atoms with E-state index in [1.54, 1.807) is 0 Å². The van der Waals surface area contributed by atoms with Crippen LogP contribution in [0.15, 0.2) is 162 Å². The van der Waals surface area contributed by atoms with Gasteiger partial charge in [0.2, 0.25) is 0 Å². The van der Waals surface area contributed by atoms with Crippen molar-refractivity contribution in [2.45, 2.75) is 25.8 Å². The Balaban J connectivity index is 1.20. The summed E-state index contributed by atoms with van der Waals surface area (Å²) in [6, 6.07) is 47.4. The second kappa shape index (κ2) is 12.6. The third-order valence-electron chi connectivity index (χ3n) is 9.96. The van der Waals surface area contributed by atoms with Crippen molar-refractivity contribution in [2.24, 2.45) is 15.7 Å². The van der Waals surface area contributed by atoms with Crippen LogP contribution >= 0.6 is 11.3 Å². The topological polar surface area (TPSA) is 50.7 Å². The largest absolute Gasteiger partial charge is 0.383 e. The van der Waals surface area contributed by atoms with Crippen LogP contribution in [-0.2, 0) is 0 Å². The summed E-state index contributed by atoms with van der Waals surface area (Å²) in [5.74, 6) is 1.08. The van der Waals surface area contributed by atoms with Crippen LogP contribution in [0.2, 0.25) is 0 Å². The Morgan fingerprint density at radius 3 is 2.20 bits per heavy atom. The Labute approximate surface area is 295 Å². The Bertz CT molecular complexity index is 2730. The van der Waals surface area contributed by atoms with Gasteiger partial charge in [-0.25, -0.2) is 4.99 Å². The van der Waals surface area contributed by atoms with E-state index in [0.717, 1.165) is 34.9 Å². The Morgan fingerprint density at radius 2 is 1.38 bits per heavy atom. The van der Waals surface area contributed by atoms with Gasteiger partial charge in [0, 0.05) is 31.3 Å². The van der Waals surface area contributed by atoms with Gasteiger partial charge in [0.15, 0.2) is 5.84 Å². The fourth-order valence-corrected chi connectivity index (χ4v) is 8.56. The average Bonchev–Trinajstić information content (AvgIpc) is 3.56. The van der Waals surface area contributed by atoms with E-state index < -0.39 is 0 Å². The van der Waals surface area contributed by atoms with Gasteiger partial charge in [0.05, 0.1) is 6.04 Å². The molecule has 0 spiro atoms. The molecule has 8 aromatic rings. The molecule has 1 aliphatic rings. The summed E-state index contributed by atoms with van der Waals surface area (Å²) in [5, 5.41) is 9.95. The molecular formula is C46H35N3S. The van der Waals surface area contributed by atoms with Gasteiger partial charge < -0.3 is 5.73 Å². The summed E-state index contributed by atoms with van der Waals surface area (Å²) >= 11 is 1.81. The minimum absolute atomic E-state index is 0.110. The van der Waals surface area contributed by atoms with Crippen molar-refractivity contribution in [3.63, 3.8) is 0 Å². The molecule has 0 aliphatic heterocycles. The Kier molecular flexibility index (Phi) is 7.59. The van der Waals surface area contributed by atoms with Gasteiger partial charge in [-0.05, 0) is 93.0 Å². The van der Waals surface area contributed by atoms with E-state index in [0.29, 0.717) is 11.7 Å². The monoisotopic (exact) mass is 661 g/mol. The molecule has 0 saturated heterocycles. The molecule has 1 unspecified atom stereocenters. The van der Waals surface area contributed by atoms with E-state index in [1.165, 1.54) is 58.2 Å². The molecular weight excluding hydrogens is 627 g/mol.